The van der Waals surface area contributed by atoms with Crippen molar-refractivity contribution < 1.29 is 14.0 Å². The molecule has 33 heavy (non-hydrogen) atoms. The van der Waals surface area contributed by atoms with Crippen molar-refractivity contribution in [2.75, 3.05) is 5.73 Å². The van der Waals surface area contributed by atoms with Gasteiger partial charge in [0.25, 0.3) is 0 Å². The number of carbonyl (C=O) groups excluding carboxylic acids is 2. The van der Waals surface area contributed by atoms with Crippen molar-refractivity contribution >= 4 is 39.4 Å². The zero-order chi connectivity index (χ0) is 23.7. The van der Waals surface area contributed by atoms with Crippen LogP contribution in [0.1, 0.15) is 40.1 Å². The molecular weight excluding hydrogens is 416 g/mol. The summed E-state index contributed by atoms with van der Waals surface area (Å²) in [6.07, 6.45) is 0. The van der Waals surface area contributed by atoms with E-state index < -0.39 is 0 Å². The fourth-order valence-electron chi connectivity index (χ4n) is 3.70. The average molecular weight is 441 g/mol. The number of nitrogens with two attached hydrogens (primary N) is 1. The maximum Gasteiger partial charge on any atom is 0.313 e. The Morgan fingerprint density at radius 2 is 1.33 bits per heavy atom. The smallest absolute Gasteiger partial charge is 0.313 e. The number of Topliss-reactive ketones (excluding diaryl/α,β-unsaturated/α-hetero) is 2. The predicted molar refractivity (Wildman–Crippen MR) is 129 cm³/mol. The molecule has 0 aliphatic carbocycles. The lowest BCUT2D eigenvalue weighted by molar-refractivity contribution is 0.100. The zero-order valence-electron chi connectivity index (χ0n) is 18.9. The summed E-state index contributed by atoms with van der Waals surface area (Å²) in [5.74, 6) is 0.552. The summed E-state index contributed by atoms with van der Waals surface area (Å²) in [7, 11) is 1.99. The van der Waals surface area contributed by atoms with Crippen molar-refractivity contribution in [3.8, 4) is 11.5 Å². The molecule has 0 fully saturated rings. The van der Waals surface area contributed by atoms with Gasteiger partial charge in [-0.25, -0.2) is 0 Å². The minimum absolute atomic E-state index is 0.0478. The van der Waals surface area contributed by atoms with Crippen LogP contribution in [0.15, 0.2) is 65.1 Å². The summed E-state index contributed by atoms with van der Waals surface area (Å²) in [4.78, 5) is 23.1. The van der Waals surface area contributed by atoms with E-state index in [9.17, 15) is 9.59 Å². The van der Waals surface area contributed by atoms with Crippen LogP contribution in [0.25, 0.3) is 33.3 Å². The maximum absolute atomic E-state index is 11.5. The number of nitrogen functional groups attached to an aromatic ring is 1. The average Bonchev–Trinajstić information content (AvgIpc) is 3.35. The Hall–Kier alpha value is -4.26. The van der Waals surface area contributed by atoms with E-state index in [1.807, 2.05) is 74.6 Å². The molecule has 0 bridgehead atoms. The second-order valence-corrected chi connectivity index (χ2v) is 7.95. The fraction of sp³-hybridized carbons (Fsp3) is 0.154. The summed E-state index contributed by atoms with van der Waals surface area (Å²) < 4.78 is 7.15. The summed E-state index contributed by atoms with van der Waals surface area (Å²) in [6, 6.07) is 19.3. The molecule has 3 aromatic carbocycles. The van der Waals surface area contributed by atoms with Gasteiger partial charge in [-0.05, 0) is 69.3 Å². The number of nitrogens with zero attached hydrogens (tertiary/aromatic N) is 3. The Bertz CT molecular complexity index is 1420. The summed E-state index contributed by atoms with van der Waals surface area (Å²) in [5.41, 5.74) is 10.9. The zero-order valence-corrected chi connectivity index (χ0v) is 18.9. The van der Waals surface area contributed by atoms with Gasteiger partial charge in [-0.2, -0.15) is 0 Å². The van der Waals surface area contributed by atoms with Gasteiger partial charge in [-0.15, -0.1) is 5.10 Å². The van der Waals surface area contributed by atoms with Gasteiger partial charge in [-0.3, -0.25) is 9.59 Å². The van der Waals surface area contributed by atoms with Crippen molar-refractivity contribution in [2.24, 2.45) is 7.05 Å². The minimum atomic E-state index is 0.0478. The minimum Gasteiger partial charge on any atom is -0.404 e. The van der Waals surface area contributed by atoms with E-state index in [0.29, 0.717) is 17.0 Å². The number of fused-ring (bicyclic) bond motifs is 3. The molecule has 0 aliphatic rings. The van der Waals surface area contributed by atoms with Gasteiger partial charge >= 0.3 is 6.01 Å². The molecule has 0 atom stereocenters. The second-order valence-electron chi connectivity index (χ2n) is 7.95. The molecule has 0 amide bonds. The van der Waals surface area contributed by atoms with E-state index in [1.165, 1.54) is 5.56 Å². The number of aryl methyl sites for hydroxylation is 2. The van der Waals surface area contributed by atoms with E-state index in [0.717, 1.165) is 27.4 Å². The Kier molecular flexibility index (Phi) is 5.79. The van der Waals surface area contributed by atoms with E-state index >= 15 is 0 Å². The van der Waals surface area contributed by atoms with E-state index in [1.54, 1.807) is 13.8 Å². The van der Waals surface area contributed by atoms with Crippen LogP contribution in [0.4, 0.5) is 6.01 Å². The summed E-state index contributed by atoms with van der Waals surface area (Å²) >= 11 is 0. The number of carbonyl (C=O) groups is 2. The van der Waals surface area contributed by atoms with Gasteiger partial charge in [0.15, 0.2) is 11.6 Å². The predicted octanol–water partition coefficient (Wildman–Crippen LogP) is 5.36. The molecule has 2 heterocycles. The fourth-order valence-corrected chi connectivity index (χ4v) is 3.70. The van der Waals surface area contributed by atoms with Gasteiger partial charge in [-0.1, -0.05) is 22.8 Å². The first-order valence-electron chi connectivity index (χ1n) is 10.4. The number of rotatable bonds is 3. The first-order valence-corrected chi connectivity index (χ1v) is 10.4. The second kappa shape index (κ2) is 8.70. The third kappa shape index (κ3) is 4.39. The first-order chi connectivity index (χ1) is 15.7. The monoisotopic (exact) mass is 440 g/mol. The SMILES string of the molecule is CC(=O)c1ccc2c(c1)c1cc(C(C)=O)ccc1n2C.Cc1ccc(-c2nnc(N)o2)cc1. The Morgan fingerprint density at radius 1 is 0.818 bits per heavy atom. The van der Waals surface area contributed by atoms with E-state index in [4.69, 9.17) is 10.2 Å². The molecule has 7 heteroatoms. The van der Waals surface area contributed by atoms with Crippen LogP contribution in [0.3, 0.4) is 0 Å². The van der Waals surface area contributed by atoms with Crippen LogP contribution >= 0.6 is 0 Å². The van der Waals surface area contributed by atoms with Crippen molar-refractivity contribution in [2.45, 2.75) is 20.8 Å². The summed E-state index contributed by atoms with van der Waals surface area (Å²) in [5, 5.41) is 9.38. The van der Waals surface area contributed by atoms with Gasteiger partial charge in [0, 0.05) is 45.5 Å². The first kappa shape index (κ1) is 22.0. The highest BCUT2D eigenvalue weighted by atomic mass is 16.4. The molecule has 7 nitrogen and oxygen atoms in total. The number of ketones is 2. The highest BCUT2D eigenvalue weighted by Gasteiger charge is 2.12. The highest BCUT2D eigenvalue weighted by Crippen LogP contribution is 2.30. The lowest BCUT2D eigenvalue weighted by Crippen LogP contribution is -1.92. The topological polar surface area (TPSA) is 104 Å². The standard InChI is InChI=1S/C17H15NO2.C9H9N3O/c1-10(19)12-4-6-16-14(8-12)15-9-13(11(2)20)5-7-17(15)18(16)3;1-6-2-4-7(5-3-6)8-11-12-9(10)13-8/h4-9H,1-3H3;2-5H,1H3,(H2,10,12). The molecule has 0 radical (unpaired) electrons. The van der Waals surface area contributed by atoms with E-state index in [2.05, 4.69) is 14.8 Å². The molecule has 0 saturated carbocycles. The van der Waals surface area contributed by atoms with Crippen LogP contribution < -0.4 is 5.73 Å². The number of anilines is 1. The normalized spacial score (nSPS) is 10.8. The van der Waals surface area contributed by atoms with Crippen molar-refractivity contribution in [1.29, 1.82) is 0 Å². The third-order valence-corrected chi connectivity index (χ3v) is 5.56. The van der Waals surface area contributed by atoms with Crippen LogP contribution in [-0.4, -0.2) is 26.3 Å². The number of aromatic nitrogens is 3. The highest BCUT2D eigenvalue weighted by molar-refractivity contribution is 6.12. The molecule has 166 valence electrons. The van der Waals surface area contributed by atoms with Crippen LogP contribution in [0.2, 0.25) is 0 Å². The Balaban J connectivity index is 0.000000172. The molecule has 5 aromatic rings. The molecule has 0 aliphatic heterocycles. The van der Waals surface area contributed by atoms with Gasteiger partial charge < -0.3 is 14.7 Å². The number of hydrogen-bond donors (Lipinski definition) is 1. The molecule has 2 aromatic heterocycles. The lowest BCUT2D eigenvalue weighted by Gasteiger charge is -1.99. The van der Waals surface area contributed by atoms with Crippen molar-refractivity contribution in [3.05, 3.63) is 77.4 Å². The van der Waals surface area contributed by atoms with Crippen molar-refractivity contribution in [3.63, 3.8) is 0 Å². The van der Waals surface area contributed by atoms with Crippen LogP contribution in [-0.2, 0) is 7.05 Å². The largest absolute Gasteiger partial charge is 0.404 e. The molecular formula is C26H24N4O3. The summed E-state index contributed by atoms with van der Waals surface area (Å²) in [6.45, 7) is 5.15. The maximum atomic E-state index is 11.5. The lowest BCUT2D eigenvalue weighted by atomic mass is 10.0. The molecule has 2 N–H and O–H groups in total. The molecule has 5 rings (SSSR count). The van der Waals surface area contributed by atoms with Crippen molar-refractivity contribution in [1.82, 2.24) is 14.8 Å². The number of hydrogen-bond acceptors (Lipinski definition) is 6. The van der Waals surface area contributed by atoms with E-state index in [-0.39, 0.29) is 17.6 Å². The van der Waals surface area contributed by atoms with Gasteiger partial charge in [0.05, 0.1) is 0 Å². The van der Waals surface area contributed by atoms with Gasteiger partial charge in [0.1, 0.15) is 0 Å². The molecule has 0 unspecified atom stereocenters. The third-order valence-electron chi connectivity index (χ3n) is 5.56. The molecule has 0 spiro atoms. The number of benzene rings is 3. The van der Waals surface area contributed by atoms with Gasteiger partial charge in [0.2, 0.25) is 5.89 Å². The van der Waals surface area contributed by atoms with Crippen LogP contribution in [0, 0.1) is 6.92 Å². The Morgan fingerprint density at radius 3 is 1.76 bits per heavy atom. The molecule has 0 saturated heterocycles. The Labute approximate surface area is 190 Å². The quantitative estimate of drug-likeness (QED) is 0.379. The van der Waals surface area contributed by atoms with Crippen LogP contribution in [0.5, 0.6) is 0 Å².